The van der Waals surface area contributed by atoms with Crippen LogP contribution in [0.25, 0.3) is 0 Å². The number of nitrogens with two attached hydrogens (primary N) is 1. The molecule has 0 heterocycles. The van der Waals surface area contributed by atoms with Crippen molar-refractivity contribution < 1.29 is 14.3 Å². The zero-order chi connectivity index (χ0) is 14.5. The van der Waals surface area contributed by atoms with E-state index in [-0.39, 0.29) is 0 Å². The lowest BCUT2D eigenvalue weighted by atomic mass is 10.1. The van der Waals surface area contributed by atoms with Crippen LogP contribution < -0.4 is 15.2 Å². The molecule has 0 aliphatic carbocycles. The maximum atomic E-state index is 11.2. The molecule has 2 rings (SSSR count). The van der Waals surface area contributed by atoms with Gasteiger partial charge in [-0.3, -0.25) is 4.79 Å². The molecule has 0 saturated heterocycles. The lowest BCUT2D eigenvalue weighted by molar-refractivity contribution is 0.1000. The van der Waals surface area contributed by atoms with Gasteiger partial charge in [-0.05, 0) is 42.3 Å². The SMILES string of the molecule is CCc1cc(C(N)=O)ccc1Oc1cccc(OC)c1. The first-order chi connectivity index (χ1) is 9.63. The van der Waals surface area contributed by atoms with Gasteiger partial charge in [-0.2, -0.15) is 0 Å². The molecule has 104 valence electrons. The van der Waals surface area contributed by atoms with Gasteiger partial charge in [-0.1, -0.05) is 13.0 Å². The topological polar surface area (TPSA) is 61.6 Å². The van der Waals surface area contributed by atoms with Gasteiger partial charge >= 0.3 is 0 Å². The molecule has 0 spiro atoms. The van der Waals surface area contributed by atoms with E-state index in [2.05, 4.69) is 0 Å². The second-order valence-corrected chi connectivity index (χ2v) is 4.32. The quantitative estimate of drug-likeness (QED) is 0.908. The molecule has 0 radical (unpaired) electrons. The number of methoxy groups -OCH3 is 1. The summed E-state index contributed by atoms with van der Waals surface area (Å²) in [5.41, 5.74) is 6.70. The Kier molecular flexibility index (Phi) is 4.25. The average molecular weight is 271 g/mol. The van der Waals surface area contributed by atoms with Gasteiger partial charge in [0.1, 0.15) is 17.2 Å². The van der Waals surface area contributed by atoms with E-state index in [4.69, 9.17) is 15.2 Å². The Morgan fingerprint density at radius 2 is 1.90 bits per heavy atom. The van der Waals surface area contributed by atoms with Crippen molar-refractivity contribution in [1.82, 2.24) is 0 Å². The van der Waals surface area contributed by atoms with Crippen molar-refractivity contribution >= 4 is 5.91 Å². The molecule has 1 amide bonds. The summed E-state index contributed by atoms with van der Waals surface area (Å²) in [5, 5.41) is 0. The third-order valence-corrected chi connectivity index (χ3v) is 2.99. The fourth-order valence-electron chi connectivity index (χ4n) is 1.90. The Morgan fingerprint density at radius 3 is 2.55 bits per heavy atom. The highest BCUT2D eigenvalue weighted by molar-refractivity contribution is 5.93. The second kappa shape index (κ2) is 6.10. The van der Waals surface area contributed by atoms with Gasteiger partial charge in [-0.15, -0.1) is 0 Å². The van der Waals surface area contributed by atoms with Crippen LogP contribution >= 0.6 is 0 Å². The molecular weight excluding hydrogens is 254 g/mol. The molecule has 4 nitrogen and oxygen atoms in total. The molecule has 2 aromatic rings. The molecule has 2 aromatic carbocycles. The van der Waals surface area contributed by atoms with Crippen molar-refractivity contribution in [3.8, 4) is 17.2 Å². The third kappa shape index (κ3) is 3.09. The van der Waals surface area contributed by atoms with Crippen molar-refractivity contribution in [2.45, 2.75) is 13.3 Å². The Balaban J connectivity index is 2.30. The zero-order valence-corrected chi connectivity index (χ0v) is 11.6. The van der Waals surface area contributed by atoms with Crippen molar-refractivity contribution in [3.05, 3.63) is 53.6 Å². The fraction of sp³-hybridized carbons (Fsp3) is 0.188. The van der Waals surface area contributed by atoms with E-state index in [0.29, 0.717) is 17.1 Å². The largest absolute Gasteiger partial charge is 0.497 e. The van der Waals surface area contributed by atoms with E-state index < -0.39 is 5.91 Å². The Labute approximate surface area is 118 Å². The van der Waals surface area contributed by atoms with Gasteiger partial charge in [-0.25, -0.2) is 0 Å². The Hall–Kier alpha value is -2.49. The van der Waals surface area contributed by atoms with Gasteiger partial charge in [0, 0.05) is 11.6 Å². The van der Waals surface area contributed by atoms with Gasteiger partial charge in [0.15, 0.2) is 0 Å². The van der Waals surface area contributed by atoms with Crippen LogP contribution in [0.1, 0.15) is 22.8 Å². The number of carbonyl (C=O) groups is 1. The number of amides is 1. The van der Waals surface area contributed by atoms with Crippen LogP contribution in [0.3, 0.4) is 0 Å². The van der Waals surface area contributed by atoms with Gasteiger partial charge in [0.25, 0.3) is 0 Å². The van der Waals surface area contributed by atoms with E-state index in [1.165, 1.54) is 0 Å². The first-order valence-electron chi connectivity index (χ1n) is 6.38. The lowest BCUT2D eigenvalue weighted by Crippen LogP contribution is -2.11. The van der Waals surface area contributed by atoms with E-state index in [1.54, 1.807) is 31.4 Å². The first kappa shape index (κ1) is 13.9. The van der Waals surface area contributed by atoms with Crippen LogP contribution in [0.15, 0.2) is 42.5 Å². The molecule has 0 bridgehead atoms. The zero-order valence-electron chi connectivity index (χ0n) is 11.6. The molecule has 0 aliphatic heterocycles. The summed E-state index contributed by atoms with van der Waals surface area (Å²) in [4.78, 5) is 11.2. The van der Waals surface area contributed by atoms with Crippen LogP contribution in [0.5, 0.6) is 17.2 Å². The molecule has 0 aliphatic rings. The molecule has 0 saturated carbocycles. The minimum Gasteiger partial charge on any atom is -0.497 e. The van der Waals surface area contributed by atoms with Crippen LogP contribution in [0.2, 0.25) is 0 Å². The van der Waals surface area contributed by atoms with Gasteiger partial charge in [0.05, 0.1) is 7.11 Å². The molecule has 0 aromatic heterocycles. The summed E-state index contributed by atoms with van der Waals surface area (Å²) >= 11 is 0. The summed E-state index contributed by atoms with van der Waals surface area (Å²) in [6.07, 6.45) is 0.750. The number of hydrogen-bond acceptors (Lipinski definition) is 3. The molecule has 0 unspecified atom stereocenters. The van der Waals surface area contributed by atoms with Crippen LogP contribution in [0.4, 0.5) is 0 Å². The number of primary amides is 1. The predicted molar refractivity (Wildman–Crippen MR) is 77.4 cm³/mol. The van der Waals surface area contributed by atoms with E-state index >= 15 is 0 Å². The minimum absolute atomic E-state index is 0.437. The van der Waals surface area contributed by atoms with Gasteiger partial charge in [0.2, 0.25) is 5.91 Å². The standard InChI is InChI=1S/C16H17NO3/c1-3-11-9-12(16(17)18)7-8-15(11)20-14-6-4-5-13(10-14)19-2/h4-10H,3H2,1-2H3,(H2,17,18). The molecule has 0 atom stereocenters. The lowest BCUT2D eigenvalue weighted by Gasteiger charge is -2.11. The van der Waals surface area contributed by atoms with Crippen LogP contribution in [0, 0.1) is 0 Å². The molecular formula is C16H17NO3. The smallest absolute Gasteiger partial charge is 0.248 e. The number of rotatable bonds is 5. The molecule has 2 N–H and O–H groups in total. The number of hydrogen-bond donors (Lipinski definition) is 1. The average Bonchev–Trinajstić information content (AvgIpc) is 2.47. The highest BCUT2D eigenvalue weighted by Crippen LogP contribution is 2.28. The van der Waals surface area contributed by atoms with Crippen LogP contribution in [-0.4, -0.2) is 13.0 Å². The summed E-state index contributed by atoms with van der Waals surface area (Å²) in [5.74, 6) is 1.69. The summed E-state index contributed by atoms with van der Waals surface area (Å²) in [7, 11) is 1.61. The molecule has 0 fully saturated rings. The Bertz CT molecular complexity index is 623. The number of ether oxygens (including phenoxy) is 2. The van der Waals surface area contributed by atoms with Crippen molar-refractivity contribution in [2.75, 3.05) is 7.11 Å². The second-order valence-electron chi connectivity index (χ2n) is 4.32. The number of carbonyl (C=O) groups excluding carboxylic acids is 1. The summed E-state index contributed by atoms with van der Waals surface area (Å²) in [6.45, 7) is 2.00. The minimum atomic E-state index is -0.437. The van der Waals surface area contributed by atoms with E-state index in [9.17, 15) is 4.79 Å². The first-order valence-corrected chi connectivity index (χ1v) is 6.38. The van der Waals surface area contributed by atoms with Crippen LogP contribution in [-0.2, 0) is 6.42 Å². The van der Waals surface area contributed by atoms with Crippen molar-refractivity contribution in [3.63, 3.8) is 0 Å². The van der Waals surface area contributed by atoms with Crippen molar-refractivity contribution in [2.24, 2.45) is 5.73 Å². The third-order valence-electron chi connectivity index (χ3n) is 2.99. The molecule has 20 heavy (non-hydrogen) atoms. The monoisotopic (exact) mass is 271 g/mol. The predicted octanol–water partition coefficient (Wildman–Crippen LogP) is 3.15. The summed E-state index contributed by atoms with van der Waals surface area (Å²) in [6, 6.07) is 12.6. The molecule has 4 heteroatoms. The normalized spacial score (nSPS) is 10.1. The highest BCUT2D eigenvalue weighted by atomic mass is 16.5. The maximum absolute atomic E-state index is 11.2. The number of aryl methyl sites for hydroxylation is 1. The maximum Gasteiger partial charge on any atom is 0.248 e. The van der Waals surface area contributed by atoms with Crippen molar-refractivity contribution in [1.29, 1.82) is 0 Å². The van der Waals surface area contributed by atoms with E-state index in [0.717, 1.165) is 17.7 Å². The number of benzene rings is 2. The van der Waals surface area contributed by atoms with Gasteiger partial charge < -0.3 is 15.2 Å². The Morgan fingerprint density at radius 1 is 1.15 bits per heavy atom. The highest BCUT2D eigenvalue weighted by Gasteiger charge is 2.08. The fourth-order valence-corrected chi connectivity index (χ4v) is 1.90. The van der Waals surface area contributed by atoms with E-state index in [1.807, 2.05) is 25.1 Å². The summed E-state index contributed by atoms with van der Waals surface area (Å²) < 4.78 is 11.0.